The van der Waals surface area contributed by atoms with Crippen molar-refractivity contribution in [3.8, 4) is 0 Å². The third-order valence-electron chi connectivity index (χ3n) is 21.5. The summed E-state index contributed by atoms with van der Waals surface area (Å²) in [5.41, 5.74) is 0. The highest BCUT2D eigenvalue weighted by Crippen LogP contribution is 2.63. The lowest BCUT2D eigenvalue weighted by Gasteiger charge is -2.61. The van der Waals surface area contributed by atoms with Gasteiger partial charge in [0.05, 0.1) is 0 Å². The average Bonchev–Trinajstić information content (AvgIpc) is 3.27. The molecule has 0 saturated heterocycles. The third-order valence-corrected chi connectivity index (χ3v) is 21.5. The van der Waals surface area contributed by atoms with Gasteiger partial charge in [-0.3, -0.25) is 4.90 Å². The second-order valence-corrected chi connectivity index (χ2v) is 23.7. The molecule has 10 rings (SSSR count). The van der Waals surface area contributed by atoms with Crippen LogP contribution in [-0.2, 0) is 0 Å². The molecular formula is C54H91N. The normalized spacial score (nSPS) is 48.1. The summed E-state index contributed by atoms with van der Waals surface area (Å²) in [7, 11) is 0. The van der Waals surface area contributed by atoms with Gasteiger partial charge in [-0.1, -0.05) is 116 Å². The molecule has 10 aliphatic rings. The van der Waals surface area contributed by atoms with Crippen LogP contribution in [0.15, 0.2) is 0 Å². The van der Waals surface area contributed by atoms with Gasteiger partial charge in [-0.2, -0.15) is 0 Å². The molecule has 1 nitrogen and oxygen atoms in total. The molecule has 10 aliphatic carbocycles. The first-order valence-corrected chi connectivity index (χ1v) is 27.1. The minimum atomic E-state index is 0.926. The zero-order valence-electron chi connectivity index (χ0n) is 36.4. The van der Waals surface area contributed by atoms with E-state index in [4.69, 9.17) is 0 Å². The predicted molar refractivity (Wildman–Crippen MR) is 233 cm³/mol. The van der Waals surface area contributed by atoms with Crippen molar-refractivity contribution in [3.63, 3.8) is 0 Å². The van der Waals surface area contributed by atoms with E-state index in [0.717, 1.165) is 101 Å². The Kier molecular flexibility index (Phi) is 13.0. The molecule has 0 aromatic rings. The average molecular weight is 754 g/mol. The molecule has 10 saturated carbocycles. The standard InChI is InChI=1S/C54H91N/c1-3-13-38(14-4-1)41-25-31-46(32-26-41)55(47-33-27-42(28-34-47)39-15-5-2-6-16-39)48-35-29-43(30-36-48)53-49-19-9-11-21-51(49)54(52-22-12-10-20-50(52)53)45-24-23-40-17-7-8-18-44(40)37-45/h38-54H,1-37H2. The minimum absolute atomic E-state index is 0.926. The molecule has 7 unspecified atom stereocenters. The molecule has 0 bridgehead atoms. The first kappa shape index (κ1) is 39.1. The van der Waals surface area contributed by atoms with Crippen LogP contribution in [-0.4, -0.2) is 23.0 Å². The SMILES string of the molecule is C1CCC(C2CCC(N(C3CCC(C4CCCCC4)CC3)C3CCC(C4C5CCCCC5C(C5CCC6CCCCC6C5)C5CCCCC54)CC3)CC2)CC1. The van der Waals surface area contributed by atoms with E-state index < -0.39 is 0 Å². The quantitative estimate of drug-likeness (QED) is 0.250. The molecule has 0 radical (unpaired) electrons. The molecule has 0 N–H and O–H groups in total. The van der Waals surface area contributed by atoms with Gasteiger partial charge in [0.1, 0.15) is 0 Å². The van der Waals surface area contributed by atoms with Crippen LogP contribution in [0, 0.1) is 82.9 Å². The molecule has 55 heavy (non-hydrogen) atoms. The number of hydrogen-bond donors (Lipinski definition) is 0. The summed E-state index contributed by atoms with van der Waals surface area (Å²) in [5, 5.41) is 0. The highest BCUT2D eigenvalue weighted by Gasteiger charge is 2.56. The van der Waals surface area contributed by atoms with Crippen molar-refractivity contribution in [2.75, 3.05) is 0 Å². The molecule has 0 heterocycles. The second-order valence-electron chi connectivity index (χ2n) is 23.7. The van der Waals surface area contributed by atoms with Crippen LogP contribution >= 0.6 is 0 Å². The largest absolute Gasteiger partial charge is 0.294 e. The zero-order valence-corrected chi connectivity index (χ0v) is 36.4. The van der Waals surface area contributed by atoms with E-state index in [1.807, 2.05) is 0 Å². The van der Waals surface area contributed by atoms with Crippen LogP contribution in [0.25, 0.3) is 0 Å². The molecule has 0 spiro atoms. The van der Waals surface area contributed by atoms with Gasteiger partial charge in [-0.15, -0.1) is 0 Å². The van der Waals surface area contributed by atoms with Gasteiger partial charge in [-0.25, -0.2) is 0 Å². The van der Waals surface area contributed by atoms with Gasteiger partial charge in [0.2, 0.25) is 0 Å². The Morgan fingerprint density at radius 2 is 0.473 bits per heavy atom. The summed E-state index contributed by atoms with van der Waals surface area (Å²) >= 11 is 0. The maximum Gasteiger partial charge on any atom is 0.0101 e. The maximum atomic E-state index is 3.38. The van der Waals surface area contributed by atoms with Crippen LogP contribution in [0.2, 0.25) is 0 Å². The van der Waals surface area contributed by atoms with Crippen molar-refractivity contribution in [1.82, 2.24) is 4.90 Å². The first-order chi connectivity index (χ1) is 27.3. The van der Waals surface area contributed by atoms with E-state index >= 15 is 0 Å². The van der Waals surface area contributed by atoms with Crippen LogP contribution in [0.4, 0.5) is 0 Å². The van der Waals surface area contributed by atoms with Gasteiger partial charge in [0.25, 0.3) is 0 Å². The topological polar surface area (TPSA) is 3.24 Å². The van der Waals surface area contributed by atoms with E-state index in [2.05, 4.69) is 4.90 Å². The van der Waals surface area contributed by atoms with Crippen molar-refractivity contribution < 1.29 is 0 Å². The minimum Gasteiger partial charge on any atom is -0.294 e. The van der Waals surface area contributed by atoms with Crippen molar-refractivity contribution in [1.29, 1.82) is 0 Å². The van der Waals surface area contributed by atoms with E-state index in [1.165, 1.54) is 38.5 Å². The Hall–Kier alpha value is -0.0400. The lowest BCUT2D eigenvalue weighted by Crippen LogP contribution is -2.55. The number of hydrogen-bond acceptors (Lipinski definition) is 1. The van der Waals surface area contributed by atoms with Crippen molar-refractivity contribution in [2.24, 2.45) is 82.9 Å². The summed E-state index contributed by atoms with van der Waals surface area (Å²) in [6, 6.07) is 2.78. The molecule has 0 aromatic carbocycles. The number of fused-ring (bicyclic) bond motifs is 3. The van der Waals surface area contributed by atoms with Crippen molar-refractivity contribution in [3.05, 3.63) is 0 Å². The number of nitrogens with zero attached hydrogens (tertiary/aromatic N) is 1. The Morgan fingerprint density at radius 3 is 0.909 bits per heavy atom. The fraction of sp³-hybridized carbons (Fsp3) is 1.00. The monoisotopic (exact) mass is 754 g/mol. The van der Waals surface area contributed by atoms with Crippen LogP contribution in [0.5, 0.6) is 0 Å². The molecule has 0 amide bonds. The van der Waals surface area contributed by atoms with E-state index in [9.17, 15) is 0 Å². The highest BCUT2D eigenvalue weighted by atomic mass is 15.2. The summed E-state index contributed by atoms with van der Waals surface area (Å²) in [5.74, 6) is 15.5. The molecule has 10 fully saturated rings. The molecular weight excluding hydrogens is 663 g/mol. The summed E-state index contributed by atoms with van der Waals surface area (Å²) in [6.07, 6.45) is 58.5. The summed E-state index contributed by atoms with van der Waals surface area (Å²) in [4.78, 5) is 3.38. The number of rotatable bonds is 7. The van der Waals surface area contributed by atoms with Gasteiger partial charge >= 0.3 is 0 Å². The molecule has 1 heteroatoms. The van der Waals surface area contributed by atoms with Crippen molar-refractivity contribution >= 4 is 0 Å². The summed E-state index contributed by atoms with van der Waals surface area (Å²) in [6.45, 7) is 0. The molecule has 312 valence electrons. The van der Waals surface area contributed by atoms with Crippen LogP contribution in [0.1, 0.15) is 238 Å². The Labute approximate surface area is 342 Å². The van der Waals surface area contributed by atoms with Crippen molar-refractivity contribution in [2.45, 2.75) is 256 Å². The van der Waals surface area contributed by atoms with Gasteiger partial charge in [0, 0.05) is 18.1 Å². The fourth-order valence-electron chi connectivity index (χ4n) is 19.2. The van der Waals surface area contributed by atoms with Crippen LogP contribution < -0.4 is 0 Å². The Morgan fingerprint density at radius 1 is 0.200 bits per heavy atom. The molecule has 0 aromatic heterocycles. The predicted octanol–water partition coefficient (Wildman–Crippen LogP) is 15.6. The zero-order chi connectivity index (χ0) is 36.6. The van der Waals surface area contributed by atoms with Gasteiger partial charge in [0.15, 0.2) is 0 Å². The van der Waals surface area contributed by atoms with Crippen LogP contribution in [0.3, 0.4) is 0 Å². The van der Waals surface area contributed by atoms with E-state index in [-0.39, 0.29) is 0 Å². The lowest BCUT2D eigenvalue weighted by atomic mass is 9.44. The third kappa shape index (κ3) is 8.37. The van der Waals surface area contributed by atoms with E-state index in [0.29, 0.717) is 0 Å². The summed E-state index contributed by atoms with van der Waals surface area (Å²) < 4.78 is 0. The Balaban J connectivity index is 0.833. The highest BCUT2D eigenvalue weighted by molar-refractivity contribution is 5.05. The Bertz CT molecular complexity index is 1090. The molecule has 7 atom stereocenters. The van der Waals surface area contributed by atoms with Gasteiger partial charge in [-0.05, 0) is 205 Å². The fourth-order valence-corrected chi connectivity index (χ4v) is 19.2. The first-order valence-electron chi connectivity index (χ1n) is 27.1. The second kappa shape index (κ2) is 18.3. The smallest absolute Gasteiger partial charge is 0.0101 e. The van der Waals surface area contributed by atoms with Gasteiger partial charge < -0.3 is 0 Å². The van der Waals surface area contributed by atoms with E-state index in [1.54, 1.807) is 199 Å². The molecule has 0 aliphatic heterocycles. The lowest BCUT2D eigenvalue weighted by molar-refractivity contribution is -0.121. The maximum absolute atomic E-state index is 3.38.